The number of hydrogen-bond acceptors (Lipinski definition) is 22. The van der Waals surface area contributed by atoms with Gasteiger partial charge in [-0.25, -0.2) is 0 Å². The van der Waals surface area contributed by atoms with E-state index in [4.69, 9.17) is 47.4 Å². The van der Waals surface area contributed by atoms with Crippen molar-refractivity contribution >= 4 is 0 Å². The lowest BCUT2D eigenvalue weighted by Crippen LogP contribution is -2.68. The first-order valence-corrected chi connectivity index (χ1v) is 26.4. The first kappa shape index (κ1) is 54.2. The zero-order valence-corrected chi connectivity index (χ0v) is 41.5. The third-order valence-electron chi connectivity index (χ3n) is 19.4. The molecular formula is C50H80O22. The molecule has 9 fully saturated rings. The van der Waals surface area contributed by atoms with Crippen LogP contribution in [0, 0.1) is 46.3 Å². The number of aliphatic hydroxyl groups is 12. The zero-order valence-electron chi connectivity index (χ0n) is 41.5. The van der Waals surface area contributed by atoms with E-state index >= 15 is 0 Å². The molecule has 0 aromatic heterocycles. The molecule has 10 aliphatic rings. The van der Waals surface area contributed by atoms with E-state index in [1.54, 1.807) is 5.57 Å². The van der Waals surface area contributed by atoms with Gasteiger partial charge in [-0.1, -0.05) is 39.3 Å². The Hall–Kier alpha value is -1.14. The quantitative estimate of drug-likeness (QED) is 0.0964. The van der Waals surface area contributed by atoms with E-state index < -0.39 is 149 Å². The number of ether oxygens (including phenoxy) is 10. The summed E-state index contributed by atoms with van der Waals surface area (Å²) in [6.45, 7) is 7.28. The van der Waals surface area contributed by atoms with Gasteiger partial charge in [0.15, 0.2) is 30.9 Å². The molecule has 6 aliphatic heterocycles. The highest BCUT2D eigenvalue weighted by Gasteiger charge is 2.68. The molecule has 4 aliphatic carbocycles. The fourth-order valence-corrected chi connectivity index (χ4v) is 15.1. The molecule has 0 aromatic carbocycles. The van der Waals surface area contributed by atoms with Crippen LogP contribution in [-0.2, 0) is 47.4 Å². The Kier molecular flexibility index (Phi) is 15.7. The first-order valence-electron chi connectivity index (χ1n) is 26.4. The Morgan fingerprint density at radius 3 is 1.90 bits per heavy atom. The van der Waals surface area contributed by atoms with Crippen molar-refractivity contribution < 1.29 is 109 Å². The number of rotatable bonds is 11. The Morgan fingerprint density at radius 2 is 1.19 bits per heavy atom. The molecule has 72 heavy (non-hydrogen) atoms. The number of aliphatic hydroxyl groups excluding tert-OH is 12. The van der Waals surface area contributed by atoms with Crippen molar-refractivity contribution in [3.8, 4) is 0 Å². The van der Waals surface area contributed by atoms with E-state index in [0.717, 1.165) is 51.6 Å². The second kappa shape index (κ2) is 20.9. The number of hydrogen-bond donors (Lipinski definition) is 12. The van der Waals surface area contributed by atoms with Crippen LogP contribution in [0.25, 0.3) is 0 Å². The van der Waals surface area contributed by atoms with Crippen LogP contribution in [0.3, 0.4) is 0 Å². The lowest BCUT2D eigenvalue weighted by atomic mass is 9.47. The molecule has 6 heterocycles. The molecule has 22 nitrogen and oxygen atoms in total. The van der Waals surface area contributed by atoms with E-state index in [-0.39, 0.29) is 29.0 Å². The van der Waals surface area contributed by atoms with Crippen LogP contribution in [0.5, 0.6) is 0 Å². The maximum absolute atomic E-state index is 11.8. The molecule has 12 N–H and O–H groups in total. The average molecular weight is 1030 g/mol. The Bertz CT molecular complexity index is 1890. The summed E-state index contributed by atoms with van der Waals surface area (Å²) in [5.41, 5.74) is 1.74. The van der Waals surface area contributed by atoms with Crippen LogP contribution in [0.15, 0.2) is 11.6 Å². The van der Waals surface area contributed by atoms with Gasteiger partial charge in [0.2, 0.25) is 0 Å². The Balaban J connectivity index is 0.824. The van der Waals surface area contributed by atoms with Gasteiger partial charge in [-0.3, -0.25) is 0 Å². The lowest BCUT2D eigenvalue weighted by Gasteiger charge is -2.58. The van der Waals surface area contributed by atoms with E-state index in [1.165, 1.54) is 0 Å². The second-order valence-electron chi connectivity index (χ2n) is 23.5. The Labute approximate surface area is 419 Å². The zero-order chi connectivity index (χ0) is 51.3. The number of fused-ring (bicyclic) bond motifs is 7. The highest BCUT2D eigenvalue weighted by Crippen LogP contribution is 2.70. The van der Waals surface area contributed by atoms with Crippen LogP contribution in [0.1, 0.15) is 85.5 Å². The van der Waals surface area contributed by atoms with Crippen molar-refractivity contribution in [1.82, 2.24) is 0 Å². The lowest BCUT2D eigenvalue weighted by molar-refractivity contribution is -0.404. The summed E-state index contributed by atoms with van der Waals surface area (Å²) in [5, 5.41) is 129. The van der Waals surface area contributed by atoms with Crippen LogP contribution in [0.4, 0.5) is 0 Å². The molecule has 0 aromatic rings. The van der Waals surface area contributed by atoms with Crippen molar-refractivity contribution in [3.63, 3.8) is 0 Å². The van der Waals surface area contributed by atoms with Crippen molar-refractivity contribution in [2.45, 2.75) is 220 Å². The molecule has 0 radical (unpaired) electrons. The van der Waals surface area contributed by atoms with E-state index in [1.807, 2.05) is 0 Å². The molecule has 10 rings (SSSR count). The van der Waals surface area contributed by atoms with Gasteiger partial charge in [-0.15, -0.1) is 0 Å². The van der Waals surface area contributed by atoms with Crippen LogP contribution < -0.4 is 0 Å². The number of allylic oxidation sites excluding steroid dienone is 2. The molecule has 412 valence electrons. The van der Waals surface area contributed by atoms with Crippen LogP contribution >= 0.6 is 0 Å². The van der Waals surface area contributed by atoms with Crippen molar-refractivity contribution in [2.75, 3.05) is 33.0 Å². The van der Waals surface area contributed by atoms with Crippen LogP contribution in [0.2, 0.25) is 0 Å². The predicted octanol–water partition coefficient (Wildman–Crippen LogP) is -2.35. The van der Waals surface area contributed by atoms with Gasteiger partial charge < -0.3 is 109 Å². The van der Waals surface area contributed by atoms with Gasteiger partial charge in [0.25, 0.3) is 0 Å². The molecular weight excluding hydrogens is 953 g/mol. The minimum atomic E-state index is -2.00. The van der Waals surface area contributed by atoms with Gasteiger partial charge in [0, 0.05) is 12.3 Å². The minimum absolute atomic E-state index is 0.0233. The van der Waals surface area contributed by atoms with E-state index in [0.29, 0.717) is 42.4 Å². The topological polar surface area (TPSA) is 335 Å². The predicted molar refractivity (Wildman–Crippen MR) is 242 cm³/mol. The maximum atomic E-state index is 11.8. The standard InChI is InChI=1S/C50H80O22/c1-20-7-12-50(64-18-20)21(2)32-28(72-50)14-26-24-6-5-22-13-23(8-10-48(22,3)25(24)9-11-49(26,32)4)65-45-40(62)37(59)41(31(17-53)68-45)69-47-43(71-46-39(61)36(58)34(56)29(15-51)66-46)42(35(57)30(16-52)67-47)70-44-38(60)33(55)27(54)19-63-44/h6,20-23,25-47,51-62H,5,7-19H2,1-4H3/t20-,21+,22+,23+,25+,26+,27-,28+,29-,30-,31-,32+,33+,34-,35-,36+,37-,38-,39-,40-,41+,42+,43-,44+,45-,46+,47+,48+,49+,50-/m1/s1. The molecule has 0 amide bonds. The highest BCUT2D eigenvalue weighted by molar-refractivity contribution is 5.30. The first-order chi connectivity index (χ1) is 34.3. The van der Waals surface area contributed by atoms with Gasteiger partial charge in [-0.05, 0) is 91.8 Å². The van der Waals surface area contributed by atoms with Gasteiger partial charge in [-0.2, -0.15) is 0 Å². The summed E-state index contributed by atoms with van der Waals surface area (Å²) in [5.74, 6) is 2.01. The smallest absolute Gasteiger partial charge is 0.187 e. The van der Waals surface area contributed by atoms with E-state index in [2.05, 4.69) is 33.8 Å². The van der Waals surface area contributed by atoms with E-state index in [9.17, 15) is 61.3 Å². The third kappa shape index (κ3) is 9.18. The second-order valence-corrected chi connectivity index (χ2v) is 23.5. The van der Waals surface area contributed by atoms with Crippen LogP contribution in [-0.4, -0.2) is 229 Å². The van der Waals surface area contributed by atoms with Crippen molar-refractivity contribution in [3.05, 3.63) is 11.6 Å². The molecule has 30 atom stereocenters. The average Bonchev–Trinajstić information content (AvgIpc) is 3.82. The summed E-state index contributed by atoms with van der Waals surface area (Å²) in [4.78, 5) is 0. The highest BCUT2D eigenvalue weighted by atomic mass is 16.8. The molecule has 0 bridgehead atoms. The van der Waals surface area contributed by atoms with Gasteiger partial charge >= 0.3 is 0 Å². The van der Waals surface area contributed by atoms with Crippen molar-refractivity contribution in [2.24, 2.45) is 46.3 Å². The Morgan fingerprint density at radius 1 is 0.569 bits per heavy atom. The molecule has 0 unspecified atom stereocenters. The molecule has 6 saturated heterocycles. The normalized spacial score (nSPS) is 56.7. The third-order valence-corrected chi connectivity index (χ3v) is 19.4. The van der Waals surface area contributed by atoms with Gasteiger partial charge in [0.1, 0.15) is 91.6 Å². The summed E-state index contributed by atoms with van der Waals surface area (Å²) in [6, 6.07) is 0. The maximum Gasteiger partial charge on any atom is 0.187 e. The summed E-state index contributed by atoms with van der Waals surface area (Å²) < 4.78 is 61.3. The van der Waals surface area contributed by atoms with Gasteiger partial charge in [0.05, 0.1) is 45.2 Å². The summed E-state index contributed by atoms with van der Waals surface area (Å²) in [6.07, 6.45) is -22.2. The monoisotopic (exact) mass is 1030 g/mol. The summed E-state index contributed by atoms with van der Waals surface area (Å²) >= 11 is 0. The molecule has 1 spiro atoms. The fraction of sp³-hybridized carbons (Fsp3) is 0.960. The molecule has 22 heteroatoms. The largest absolute Gasteiger partial charge is 0.394 e. The molecule has 3 saturated carbocycles. The summed E-state index contributed by atoms with van der Waals surface area (Å²) in [7, 11) is 0. The fourth-order valence-electron chi connectivity index (χ4n) is 15.1. The minimum Gasteiger partial charge on any atom is -0.394 e. The SMILES string of the molecule is C[C@@H]1CC[C@@]2(OC1)O[C@H]1C[C@H]3C4=CC[C@H]5C[C@@H](O[C@@H]6O[C@H](CO)[C@H](O[C@@H]7O[C@H](CO)[C@@H](O)[C@H](O[C@@H]8OC[C@@H](O)[C@H](O)[C@H]8O)[C@H]7O[C@@H]7O[C@H](CO)[C@@H](O)[C@H](O)[C@H]7O)[C@H](O)[C@H]6O)CC[C@]5(C)[C@H]4CC[C@]3(C)[C@H]1[C@@H]2C. The van der Waals surface area contributed by atoms with Crippen molar-refractivity contribution in [1.29, 1.82) is 0 Å².